The van der Waals surface area contributed by atoms with Gasteiger partial charge in [-0.1, -0.05) is 62.1 Å². The molecule has 0 saturated carbocycles. The molecule has 0 unspecified atom stereocenters. The van der Waals surface area contributed by atoms with Gasteiger partial charge in [0.1, 0.15) is 12.4 Å². The predicted molar refractivity (Wildman–Crippen MR) is 133 cm³/mol. The molecule has 2 heterocycles. The van der Waals surface area contributed by atoms with E-state index in [4.69, 9.17) is 10.6 Å². The molecule has 2 aromatic heterocycles. The second kappa shape index (κ2) is 9.40. The summed E-state index contributed by atoms with van der Waals surface area (Å²) in [6.45, 7) is 8.70. The third-order valence-electron chi connectivity index (χ3n) is 4.95. The third-order valence-corrected chi connectivity index (χ3v) is 6.82. The van der Waals surface area contributed by atoms with Crippen LogP contribution in [0.15, 0.2) is 47.6 Å². The highest BCUT2D eigenvalue weighted by molar-refractivity contribution is 7.99. The topological polar surface area (TPSA) is 108 Å². The van der Waals surface area contributed by atoms with Crippen LogP contribution in [-0.4, -0.2) is 31.5 Å². The summed E-state index contributed by atoms with van der Waals surface area (Å²) >= 11 is 2.65. The van der Waals surface area contributed by atoms with Crippen molar-refractivity contribution in [3.8, 4) is 5.75 Å². The minimum atomic E-state index is -0.185. The number of nitrogens with two attached hydrogens (primary N) is 1. The Balaban J connectivity index is 1.30. The fourth-order valence-corrected chi connectivity index (χ4v) is 4.73. The van der Waals surface area contributed by atoms with E-state index in [-0.39, 0.29) is 23.7 Å². The molecule has 0 aliphatic heterocycles. The molecule has 0 bridgehead atoms. The Morgan fingerprint density at radius 2 is 1.94 bits per heavy atom. The van der Waals surface area contributed by atoms with Crippen molar-refractivity contribution in [1.29, 1.82) is 0 Å². The normalized spacial score (nSPS) is 11.6. The van der Waals surface area contributed by atoms with Crippen molar-refractivity contribution in [2.75, 3.05) is 16.9 Å². The van der Waals surface area contributed by atoms with Crippen molar-refractivity contribution in [3.63, 3.8) is 0 Å². The molecule has 10 heteroatoms. The van der Waals surface area contributed by atoms with E-state index in [2.05, 4.69) is 59.5 Å². The summed E-state index contributed by atoms with van der Waals surface area (Å²) < 4.78 is 8.19. The van der Waals surface area contributed by atoms with Gasteiger partial charge >= 0.3 is 0 Å². The molecule has 0 atom stereocenters. The first-order chi connectivity index (χ1) is 15.7. The summed E-state index contributed by atoms with van der Waals surface area (Å²) in [6.07, 6.45) is 0. The van der Waals surface area contributed by atoms with Crippen LogP contribution in [0.4, 0.5) is 5.13 Å². The molecule has 0 fully saturated rings. The molecule has 0 aliphatic carbocycles. The highest BCUT2D eigenvalue weighted by atomic mass is 32.2. The molecule has 0 radical (unpaired) electrons. The first-order valence-corrected chi connectivity index (χ1v) is 12.2. The number of amides is 1. The number of anilines is 1. The highest BCUT2D eigenvalue weighted by Gasteiger charge is 2.15. The summed E-state index contributed by atoms with van der Waals surface area (Å²) in [5, 5.41) is 12.0. The van der Waals surface area contributed by atoms with Crippen LogP contribution in [0.1, 0.15) is 37.7 Å². The summed E-state index contributed by atoms with van der Waals surface area (Å²) in [5.74, 6) is 7.25. The molecule has 172 valence electrons. The summed E-state index contributed by atoms with van der Waals surface area (Å²) in [7, 11) is 0. The average Bonchev–Trinajstić information content (AvgIpc) is 3.32. The number of nitrogens with zero attached hydrogens (tertiary/aromatic N) is 4. The number of carbonyl (C=O) groups is 1. The Kier molecular flexibility index (Phi) is 6.57. The lowest BCUT2D eigenvalue weighted by molar-refractivity contribution is -0.113. The van der Waals surface area contributed by atoms with Crippen molar-refractivity contribution < 1.29 is 9.53 Å². The van der Waals surface area contributed by atoms with E-state index >= 15 is 0 Å². The molecule has 4 aromatic rings. The van der Waals surface area contributed by atoms with E-state index < -0.39 is 0 Å². The molecule has 1 amide bonds. The van der Waals surface area contributed by atoms with E-state index in [1.807, 2.05) is 31.2 Å². The Hall–Kier alpha value is -3.11. The highest BCUT2D eigenvalue weighted by Crippen LogP contribution is 2.27. The zero-order chi connectivity index (χ0) is 23.6. The standard InChI is InChI=1S/C23H26N6O2S2/c1-14-5-10-17-18(11-14)33-21(25-17)26-20(30)13-32-22-28-27-19(29(22)24)12-31-16-8-6-15(7-9-16)23(2,3)4/h5-11H,12-13,24H2,1-4H3,(H,25,26,30). The average molecular weight is 483 g/mol. The van der Waals surface area contributed by atoms with E-state index in [0.29, 0.717) is 16.1 Å². The smallest absolute Gasteiger partial charge is 0.236 e. The molecule has 0 saturated heterocycles. The van der Waals surface area contributed by atoms with Crippen molar-refractivity contribution >= 4 is 44.4 Å². The lowest BCUT2D eigenvalue weighted by atomic mass is 9.87. The lowest BCUT2D eigenvalue weighted by Gasteiger charge is -2.19. The zero-order valence-corrected chi connectivity index (χ0v) is 20.6. The van der Waals surface area contributed by atoms with Gasteiger partial charge in [0.25, 0.3) is 0 Å². The molecule has 8 nitrogen and oxygen atoms in total. The van der Waals surface area contributed by atoms with E-state index in [1.165, 1.54) is 33.3 Å². The van der Waals surface area contributed by atoms with Gasteiger partial charge in [-0.2, -0.15) is 0 Å². The quantitative estimate of drug-likeness (QED) is 0.295. The number of hydrogen-bond acceptors (Lipinski definition) is 8. The first kappa shape index (κ1) is 23.1. The molecule has 0 aliphatic rings. The molecule has 4 rings (SSSR count). The zero-order valence-electron chi connectivity index (χ0n) is 19.0. The van der Waals surface area contributed by atoms with Crippen LogP contribution in [-0.2, 0) is 16.8 Å². The Morgan fingerprint density at radius 1 is 1.18 bits per heavy atom. The number of ether oxygens (including phenoxy) is 1. The maximum atomic E-state index is 12.4. The van der Waals surface area contributed by atoms with Crippen LogP contribution in [0.5, 0.6) is 5.75 Å². The molecule has 0 spiro atoms. The van der Waals surface area contributed by atoms with Gasteiger partial charge in [0.05, 0.1) is 16.0 Å². The predicted octanol–water partition coefficient (Wildman–Crippen LogP) is 4.52. The van der Waals surface area contributed by atoms with Crippen molar-refractivity contribution in [1.82, 2.24) is 19.9 Å². The van der Waals surface area contributed by atoms with Gasteiger partial charge in [-0.3, -0.25) is 4.79 Å². The summed E-state index contributed by atoms with van der Waals surface area (Å²) in [5.41, 5.74) is 3.34. The number of benzene rings is 2. The Bertz CT molecular complexity index is 1270. The minimum absolute atomic E-state index is 0.0838. The lowest BCUT2D eigenvalue weighted by Crippen LogP contribution is -2.18. The van der Waals surface area contributed by atoms with Gasteiger partial charge in [-0.25, -0.2) is 9.66 Å². The SMILES string of the molecule is Cc1ccc2nc(NC(=O)CSc3nnc(COc4ccc(C(C)(C)C)cc4)n3N)sc2c1. The van der Waals surface area contributed by atoms with E-state index in [1.54, 1.807) is 0 Å². The number of carbonyl (C=O) groups excluding carboxylic acids is 1. The number of thioether (sulfide) groups is 1. The number of nitrogen functional groups attached to an aromatic ring is 1. The molecule has 2 aromatic carbocycles. The maximum Gasteiger partial charge on any atom is 0.236 e. The van der Waals surface area contributed by atoms with Crippen LogP contribution in [0, 0.1) is 6.92 Å². The maximum absolute atomic E-state index is 12.4. The fourth-order valence-electron chi connectivity index (χ4n) is 3.07. The van der Waals surface area contributed by atoms with E-state index in [9.17, 15) is 4.79 Å². The second-order valence-electron chi connectivity index (χ2n) is 8.66. The molecule has 33 heavy (non-hydrogen) atoms. The van der Waals surface area contributed by atoms with Crippen LogP contribution in [0.25, 0.3) is 10.2 Å². The number of fused-ring (bicyclic) bond motifs is 1. The third kappa shape index (κ3) is 5.63. The van der Waals surface area contributed by atoms with Crippen LogP contribution < -0.4 is 15.9 Å². The number of aromatic nitrogens is 4. The van der Waals surface area contributed by atoms with Gasteiger partial charge in [-0.15, -0.1) is 10.2 Å². The number of hydrogen-bond donors (Lipinski definition) is 2. The number of thiazole rings is 1. The van der Waals surface area contributed by atoms with Crippen molar-refractivity contribution in [2.45, 2.75) is 44.9 Å². The number of nitrogens with one attached hydrogen (secondary N) is 1. The summed E-state index contributed by atoms with van der Waals surface area (Å²) in [6, 6.07) is 14.0. The van der Waals surface area contributed by atoms with Crippen molar-refractivity contribution in [2.24, 2.45) is 0 Å². The van der Waals surface area contributed by atoms with Crippen molar-refractivity contribution in [3.05, 3.63) is 59.4 Å². The number of rotatable bonds is 7. The monoisotopic (exact) mass is 482 g/mol. The Morgan fingerprint density at radius 3 is 2.67 bits per heavy atom. The number of aryl methyl sites for hydroxylation is 1. The van der Waals surface area contributed by atoms with Gasteiger partial charge in [0.15, 0.2) is 11.0 Å². The van der Waals surface area contributed by atoms with Gasteiger partial charge in [-0.05, 0) is 47.7 Å². The second-order valence-corrected chi connectivity index (χ2v) is 10.6. The van der Waals surface area contributed by atoms with Gasteiger partial charge in [0.2, 0.25) is 11.1 Å². The van der Waals surface area contributed by atoms with Crippen LogP contribution in [0.3, 0.4) is 0 Å². The molecular weight excluding hydrogens is 456 g/mol. The molecular formula is C23H26N6O2S2. The first-order valence-electron chi connectivity index (χ1n) is 10.4. The minimum Gasteiger partial charge on any atom is -0.486 e. The largest absolute Gasteiger partial charge is 0.486 e. The van der Waals surface area contributed by atoms with Gasteiger partial charge in [0, 0.05) is 0 Å². The molecule has 3 N–H and O–H groups in total. The van der Waals surface area contributed by atoms with Crippen LogP contribution in [0.2, 0.25) is 0 Å². The van der Waals surface area contributed by atoms with Gasteiger partial charge < -0.3 is 15.9 Å². The van der Waals surface area contributed by atoms with E-state index in [0.717, 1.165) is 21.5 Å². The van der Waals surface area contributed by atoms with Crippen LogP contribution >= 0.6 is 23.1 Å². The fraction of sp³-hybridized carbons (Fsp3) is 0.304. The Labute approximate surface area is 200 Å². The summed E-state index contributed by atoms with van der Waals surface area (Å²) in [4.78, 5) is 16.8.